The van der Waals surface area contributed by atoms with Crippen molar-refractivity contribution in [3.8, 4) is 0 Å². The van der Waals surface area contributed by atoms with Crippen LogP contribution in [0.3, 0.4) is 0 Å². The Morgan fingerprint density at radius 1 is 1.35 bits per heavy atom. The molecule has 0 radical (unpaired) electrons. The molecule has 1 fully saturated rings. The Morgan fingerprint density at radius 2 is 2.15 bits per heavy atom. The summed E-state index contributed by atoms with van der Waals surface area (Å²) in [6.07, 6.45) is 8.30. The Bertz CT molecular complexity index is 425. The summed E-state index contributed by atoms with van der Waals surface area (Å²) in [6.45, 7) is 6.94. The molecule has 1 N–H and O–H groups in total. The molecule has 0 bridgehead atoms. The van der Waals surface area contributed by atoms with Gasteiger partial charge in [-0.25, -0.2) is 4.98 Å². The minimum absolute atomic E-state index is 0.756. The molecular weight excluding hydrogens is 270 g/mol. The molecule has 5 heteroatoms. The summed E-state index contributed by atoms with van der Waals surface area (Å²) in [5.74, 6) is 0. The van der Waals surface area contributed by atoms with Gasteiger partial charge in [-0.15, -0.1) is 0 Å². The largest absolute Gasteiger partial charge is 0.383 e. The third-order valence-corrected chi connectivity index (χ3v) is 4.65. The van der Waals surface area contributed by atoms with Crippen LogP contribution in [0.5, 0.6) is 0 Å². The van der Waals surface area contributed by atoms with Gasteiger partial charge in [0, 0.05) is 33.3 Å². The van der Waals surface area contributed by atoms with Crippen LogP contribution < -0.4 is 10.2 Å². The number of ether oxygens (including phenoxy) is 1. The highest BCUT2D eigenvalue weighted by Crippen LogP contribution is 2.28. The number of methoxy groups -OCH3 is 1. The topological polar surface area (TPSA) is 37.4 Å². The van der Waals surface area contributed by atoms with E-state index >= 15 is 0 Å². The Hall–Kier alpha value is -0.910. The van der Waals surface area contributed by atoms with Crippen LogP contribution >= 0.6 is 11.3 Å². The third-order valence-electron chi connectivity index (χ3n) is 3.46. The molecule has 0 amide bonds. The highest BCUT2D eigenvalue weighted by Gasteiger charge is 2.15. The summed E-state index contributed by atoms with van der Waals surface area (Å²) < 4.78 is 5.00. The van der Waals surface area contributed by atoms with Crippen molar-refractivity contribution in [3.63, 3.8) is 0 Å². The van der Waals surface area contributed by atoms with E-state index < -0.39 is 0 Å². The lowest BCUT2D eigenvalue weighted by Crippen LogP contribution is -2.29. The maximum absolute atomic E-state index is 5.00. The molecule has 4 nitrogen and oxygen atoms in total. The van der Waals surface area contributed by atoms with Crippen molar-refractivity contribution in [2.24, 2.45) is 0 Å². The lowest BCUT2D eigenvalue weighted by Gasteiger charge is -2.25. The van der Waals surface area contributed by atoms with Crippen molar-refractivity contribution in [2.45, 2.75) is 26.2 Å². The van der Waals surface area contributed by atoms with Gasteiger partial charge in [0.15, 0.2) is 5.13 Å². The summed E-state index contributed by atoms with van der Waals surface area (Å²) in [6, 6.07) is 0. The Morgan fingerprint density at radius 3 is 2.90 bits per heavy atom. The van der Waals surface area contributed by atoms with E-state index in [4.69, 9.17) is 9.72 Å². The molecule has 2 heterocycles. The summed E-state index contributed by atoms with van der Waals surface area (Å²) in [4.78, 5) is 8.42. The molecule has 0 spiro atoms. The second-order valence-corrected chi connectivity index (χ2v) is 6.10. The molecule has 1 aromatic rings. The zero-order valence-corrected chi connectivity index (χ0v) is 13.3. The number of anilines is 1. The van der Waals surface area contributed by atoms with Gasteiger partial charge >= 0.3 is 0 Å². The van der Waals surface area contributed by atoms with Gasteiger partial charge in [0.1, 0.15) is 0 Å². The van der Waals surface area contributed by atoms with Gasteiger partial charge in [-0.2, -0.15) is 0 Å². The predicted octanol–water partition coefficient (Wildman–Crippen LogP) is 2.69. The van der Waals surface area contributed by atoms with E-state index in [1.807, 2.05) is 11.3 Å². The van der Waals surface area contributed by atoms with E-state index in [2.05, 4.69) is 29.3 Å². The van der Waals surface area contributed by atoms with E-state index in [0.717, 1.165) is 38.5 Å². The zero-order valence-electron chi connectivity index (χ0n) is 12.5. The number of piperidine rings is 1. The number of aryl methyl sites for hydroxylation is 1. The third kappa shape index (κ3) is 4.58. The number of hydrogen-bond donors (Lipinski definition) is 1. The maximum atomic E-state index is 5.00. The quantitative estimate of drug-likeness (QED) is 0.785. The van der Waals surface area contributed by atoms with Gasteiger partial charge in [0.05, 0.1) is 17.2 Å². The fourth-order valence-electron chi connectivity index (χ4n) is 2.29. The van der Waals surface area contributed by atoms with E-state index in [9.17, 15) is 0 Å². The van der Waals surface area contributed by atoms with Gasteiger partial charge in [-0.3, -0.25) is 0 Å². The van der Waals surface area contributed by atoms with Crippen molar-refractivity contribution < 1.29 is 4.74 Å². The average Bonchev–Trinajstić information content (AvgIpc) is 2.85. The van der Waals surface area contributed by atoms with Gasteiger partial charge < -0.3 is 15.0 Å². The van der Waals surface area contributed by atoms with Crippen LogP contribution in [0.1, 0.15) is 29.8 Å². The highest BCUT2D eigenvalue weighted by atomic mass is 32.1. The minimum atomic E-state index is 0.756. The molecule has 1 saturated heterocycles. The fourth-order valence-corrected chi connectivity index (χ4v) is 3.34. The fraction of sp³-hybridized carbons (Fsp3) is 0.667. The summed E-state index contributed by atoms with van der Waals surface area (Å²) >= 11 is 1.81. The van der Waals surface area contributed by atoms with Crippen LogP contribution in [0.25, 0.3) is 6.08 Å². The van der Waals surface area contributed by atoms with Crippen LogP contribution in [-0.2, 0) is 4.74 Å². The lowest BCUT2D eigenvalue weighted by molar-refractivity contribution is 0.200. The molecule has 1 aliphatic heterocycles. The summed E-state index contributed by atoms with van der Waals surface area (Å²) in [7, 11) is 1.72. The molecule has 1 aliphatic rings. The predicted molar refractivity (Wildman–Crippen MR) is 86.7 cm³/mol. The van der Waals surface area contributed by atoms with Gasteiger partial charge in [0.25, 0.3) is 0 Å². The van der Waals surface area contributed by atoms with Crippen molar-refractivity contribution >= 4 is 22.5 Å². The highest BCUT2D eigenvalue weighted by molar-refractivity contribution is 7.16. The van der Waals surface area contributed by atoms with Crippen molar-refractivity contribution in [1.29, 1.82) is 0 Å². The standard InChI is InChI=1S/C15H25N3OS/c1-13-14(7-6-8-16-9-12-19-2)20-15(17-13)18-10-4-3-5-11-18/h6-7,16H,3-5,8-12H2,1-2H3. The molecule has 0 unspecified atom stereocenters. The molecule has 112 valence electrons. The van der Waals surface area contributed by atoms with Crippen LogP contribution in [0.2, 0.25) is 0 Å². The van der Waals surface area contributed by atoms with Gasteiger partial charge in [0.2, 0.25) is 0 Å². The van der Waals surface area contributed by atoms with Crippen molar-refractivity contribution in [1.82, 2.24) is 10.3 Å². The second kappa shape index (κ2) is 8.39. The summed E-state index contributed by atoms with van der Waals surface area (Å²) in [5, 5.41) is 4.50. The number of rotatable bonds is 7. The van der Waals surface area contributed by atoms with E-state index in [1.54, 1.807) is 7.11 Å². The van der Waals surface area contributed by atoms with Crippen LogP contribution in [0, 0.1) is 6.92 Å². The number of aromatic nitrogens is 1. The Labute approximate surface area is 125 Å². The van der Waals surface area contributed by atoms with Crippen LogP contribution in [0.4, 0.5) is 5.13 Å². The minimum Gasteiger partial charge on any atom is -0.383 e. The van der Waals surface area contributed by atoms with Crippen molar-refractivity contribution in [3.05, 3.63) is 16.6 Å². The van der Waals surface area contributed by atoms with Gasteiger partial charge in [-0.05, 0) is 32.3 Å². The Balaban J connectivity index is 1.85. The van der Waals surface area contributed by atoms with Gasteiger partial charge in [-0.1, -0.05) is 17.4 Å². The molecule has 1 aromatic heterocycles. The van der Waals surface area contributed by atoms with Crippen LogP contribution in [-0.4, -0.2) is 44.9 Å². The smallest absolute Gasteiger partial charge is 0.186 e. The SMILES string of the molecule is COCCNCC=Cc1sc(N2CCCCC2)nc1C. The number of nitrogens with one attached hydrogen (secondary N) is 1. The molecule has 0 aliphatic carbocycles. The normalized spacial score (nSPS) is 16.2. The first kappa shape index (κ1) is 15.5. The lowest BCUT2D eigenvalue weighted by atomic mass is 10.1. The van der Waals surface area contributed by atoms with Crippen LogP contribution in [0.15, 0.2) is 6.08 Å². The maximum Gasteiger partial charge on any atom is 0.186 e. The summed E-state index contributed by atoms with van der Waals surface area (Å²) in [5.41, 5.74) is 1.14. The van der Waals surface area contributed by atoms with E-state index in [-0.39, 0.29) is 0 Å². The number of thiazole rings is 1. The molecule has 20 heavy (non-hydrogen) atoms. The Kier molecular flexibility index (Phi) is 6.50. The zero-order chi connectivity index (χ0) is 14.2. The molecule has 0 atom stereocenters. The number of hydrogen-bond acceptors (Lipinski definition) is 5. The molecule has 0 saturated carbocycles. The van der Waals surface area contributed by atoms with E-state index in [0.29, 0.717) is 0 Å². The number of nitrogens with zero attached hydrogens (tertiary/aromatic N) is 2. The molecular formula is C15H25N3OS. The first-order valence-corrected chi connectivity index (χ1v) is 8.21. The molecule has 0 aromatic carbocycles. The van der Waals surface area contributed by atoms with E-state index in [1.165, 1.54) is 29.3 Å². The molecule has 2 rings (SSSR count). The average molecular weight is 295 g/mol. The monoisotopic (exact) mass is 295 g/mol. The first-order chi connectivity index (χ1) is 9.81. The first-order valence-electron chi connectivity index (χ1n) is 7.40. The second-order valence-electron chi connectivity index (χ2n) is 5.09. The van der Waals surface area contributed by atoms with Crippen molar-refractivity contribution in [2.75, 3.05) is 44.8 Å².